The molecule has 2 aliphatic rings. The van der Waals surface area contributed by atoms with Gasteiger partial charge in [-0.25, -0.2) is 13.4 Å². The van der Waals surface area contributed by atoms with Crippen LogP contribution in [0.15, 0.2) is 47.5 Å². The molecule has 0 aliphatic carbocycles. The number of nitrogens with zero attached hydrogens (tertiary/aromatic N) is 4. The Bertz CT molecular complexity index is 881. The second-order valence-corrected chi connectivity index (χ2v) is 8.42. The number of likely N-dealkylation sites (N-methyl/N-ethyl adjacent to an activating group) is 1. The zero-order valence-corrected chi connectivity index (χ0v) is 15.5. The van der Waals surface area contributed by atoms with E-state index in [-0.39, 0.29) is 0 Å². The Morgan fingerprint density at radius 3 is 2.58 bits per heavy atom. The van der Waals surface area contributed by atoms with Gasteiger partial charge in [-0.05, 0) is 30.3 Å². The number of sulfonamides is 1. The van der Waals surface area contributed by atoms with E-state index in [0.29, 0.717) is 37.7 Å². The first-order chi connectivity index (χ1) is 12.6. The predicted molar refractivity (Wildman–Crippen MR) is 100 cm³/mol. The van der Waals surface area contributed by atoms with Crippen molar-refractivity contribution in [3.8, 4) is 5.75 Å². The van der Waals surface area contributed by atoms with E-state index in [4.69, 9.17) is 4.74 Å². The third-order valence-electron chi connectivity index (χ3n) is 4.88. The molecule has 0 bridgehead atoms. The van der Waals surface area contributed by atoms with Crippen LogP contribution in [-0.4, -0.2) is 64.1 Å². The number of aromatic nitrogens is 1. The number of pyridine rings is 1. The average Bonchev–Trinajstić information content (AvgIpc) is 2.69. The van der Waals surface area contributed by atoms with E-state index in [1.807, 2.05) is 30.1 Å². The van der Waals surface area contributed by atoms with Crippen LogP contribution in [0.5, 0.6) is 5.75 Å². The third kappa shape index (κ3) is 3.10. The van der Waals surface area contributed by atoms with Gasteiger partial charge in [-0.3, -0.25) is 0 Å². The van der Waals surface area contributed by atoms with Crippen molar-refractivity contribution in [2.45, 2.75) is 4.90 Å². The van der Waals surface area contributed by atoms with E-state index in [1.165, 1.54) is 0 Å². The molecule has 0 radical (unpaired) electrons. The lowest BCUT2D eigenvalue weighted by Gasteiger charge is -2.35. The highest BCUT2D eigenvalue weighted by Crippen LogP contribution is 2.33. The summed E-state index contributed by atoms with van der Waals surface area (Å²) >= 11 is 0. The van der Waals surface area contributed by atoms with Gasteiger partial charge in [0.25, 0.3) is 0 Å². The summed E-state index contributed by atoms with van der Waals surface area (Å²) in [6.07, 6.45) is 1.75. The second-order valence-electron chi connectivity index (χ2n) is 6.48. The minimum absolute atomic E-state index is 0.319. The molecule has 0 spiro atoms. The lowest BCUT2D eigenvalue weighted by Crippen LogP contribution is -2.48. The molecule has 138 valence electrons. The molecule has 2 aromatic rings. The fourth-order valence-electron chi connectivity index (χ4n) is 3.34. The molecular formula is C18H22N4O3S. The van der Waals surface area contributed by atoms with Crippen molar-refractivity contribution < 1.29 is 13.2 Å². The average molecular weight is 374 g/mol. The molecule has 2 aliphatic heterocycles. The van der Waals surface area contributed by atoms with Gasteiger partial charge in [-0.2, -0.15) is 4.31 Å². The summed E-state index contributed by atoms with van der Waals surface area (Å²) in [7, 11) is -1.57. The van der Waals surface area contributed by atoms with Gasteiger partial charge in [0.15, 0.2) is 0 Å². The largest absolute Gasteiger partial charge is 0.490 e. The van der Waals surface area contributed by atoms with Crippen LogP contribution in [0.2, 0.25) is 0 Å². The monoisotopic (exact) mass is 374 g/mol. The number of piperazine rings is 1. The summed E-state index contributed by atoms with van der Waals surface area (Å²) in [6, 6.07) is 10.9. The van der Waals surface area contributed by atoms with Crippen molar-refractivity contribution in [1.82, 2.24) is 9.29 Å². The van der Waals surface area contributed by atoms with Gasteiger partial charge in [-0.15, -0.1) is 0 Å². The fourth-order valence-corrected chi connectivity index (χ4v) is 4.78. The zero-order valence-electron chi connectivity index (χ0n) is 14.7. The summed E-state index contributed by atoms with van der Waals surface area (Å²) in [5.41, 5.74) is 0.824. The summed E-state index contributed by atoms with van der Waals surface area (Å²) in [6.45, 7) is 3.52. The number of hydrogen-bond acceptors (Lipinski definition) is 6. The van der Waals surface area contributed by atoms with E-state index in [1.54, 1.807) is 28.7 Å². The van der Waals surface area contributed by atoms with Crippen LogP contribution in [0.4, 0.5) is 11.5 Å². The molecule has 1 saturated heterocycles. The molecule has 1 fully saturated rings. The number of hydrogen-bond donors (Lipinski definition) is 0. The maximum absolute atomic E-state index is 13.1. The topological polar surface area (TPSA) is 66.0 Å². The molecule has 8 heteroatoms. The van der Waals surface area contributed by atoms with Crippen LogP contribution < -0.4 is 14.5 Å². The third-order valence-corrected chi connectivity index (χ3v) is 6.77. The molecule has 0 atom stereocenters. The molecule has 0 saturated carbocycles. The van der Waals surface area contributed by atoms with Gasteiger partial charge >= 0.3 is 0 Å². The predicted octanol–water partition coefficient (Wildman–Crippen LogP) is 1.42. The van der Waals surface area contributed by atoms with E-state index in [0.717, 1.165) is 23.8 Å². The first kappa shape index (κ1) is 17.1. The molecule has 0 N–H and O–H groups in total. The van der Waals surface area contributed by atoms with E-state index in [9.17, 15) is 8.42 Å². The van der Waals surface area contributed by atoms with Gasteiger partial charge in [0.2, 0.25) is 10.0 Å². The first-order valence-corrected chi connectivity index (χ1v) is 10.1. The minimum atomic E-state index is -3.52. The highest BCUT2D eigenvalue weighted by Gasteiger charge is 2.30. The standard InChI is InChI=1S/C18H22N4O3S/c1-20-12-13-25-17-6-5-15(14-16(17)20)26(23,24)22-10-8-21(9-11-22)18-4-2-3-7-19-18/h2-7,14H,8-13H2,1H3. The van der Waals surface area contributed by atoms with Gasteiger partial charge in [0.1, 0.15) is 18.2 Å². The van der Waals surface area contributed by atoms with Gasteiger partial charge in [0.05, 0.1) is 17.1 Å². The van der Waals surface area contributed by atoms with Crippen molar-refractivity contribution >= 4 is 21.5 Å². The molecule has 7 nitrogen and oxygen atoms in total. The lowest BCUT2D eigenvalue weighted by molar-refractivity contribution is 0.311. The van der Waals surface area contributed by atoms with Crippen molar-refractivity contribution in [3.63, 3.8) is 0 Å². The van der Waals surface area contributed by atoms with Gasteiger partial charge in [-0.1, -0.05) is 6.07 Å². The Labute approximate surface area is 153 Å². The second kappa shape index (κ2) is 6.77. The van der Waals surface area contributed by atoms with E-state index < -0.39 is 10.0 Å². The lowest BCUT2D eigenvalue weighted by atomic mass is 10.2. The Hall–Kier alpha value is -2.32. The van der Waals surface area contributed by atoms with E-state index >= 15 is 0 Å². The Morgan fingerprint density at radius 1 is 1.04 bits per heavy atom. The Balaban J connectivity index is 1.52. The molecule has 0 unspecified atom stereocenters. The van der Waals surface area contributed by atoms with E-state index in [2.05, 4.69) is 9.88 Å². The van der Waals surface area contributed by atoms with Crippen molar-refractivity contribution in [2.24, 2.45) is 0 Å². The van der Waals surface area contributed by atoms with Crippen molar-refractivity contribution in [3.05, 3.63) is 42.6 Å². The summed E-state index contributed by atoms with van der Waals surface area (Å²) in [4.78, 5) is 8.80. The fraction of sp³-hybridized carbons (Fsp3) is 0.389. The number of anilines is 2. The van der Waals surface area contributed by atoms with Crippen LogP contribution in [0.25, 0.3) is 0 Å². The first-order valence-electron chi connectivity index (χ1n) is 8.70. The maximum Gasteiger partial charge on any atom is 0.243 e. The van der Waals surface area contributed by atoms with Crippen LogP contribution in [0.1, 0.15) is 0 Å². The molecule has 1 aromatic heterocycles. The van der Waals surface area contributed by atoms with Crippen molar-refractivity contribution in [2.75, 3.05) is 56.2 Å². The molecule has 3 heterocycles. The number of ether oxygens (including phenoxy) is 1. The van der Waals surface area contributed by atoms with Crippen LogP contribution in [-0.2, 0) is 10.0 Å². The molecular weight excluding hydrogens is 352 g/mol. The molecule has 1 aromatic carbocycles. The normalized spacial score (nSPS) is 18.3. The summed E-state index contributed by atoms with van der Waals surface area (Å²) in [5, 5.41) is 0. The molecule has 26 heavy (non-hydrogen) atoms. The van der Waals surface area contributed by atoms with Crippen LogP contribution in [0.3, 0.4) is 0 Å². The summed E-state index contributed by atoms with van der Waals surface area (Å²) < 4.78 is 33.3. The Morgan fingerprint density at radius 2 is 1.85 bits per heavy atom. The number of rotatable bonds is 3. The highest BCUT2D eigenvalue weighted by molar-refractivity contribution is 7.89. The summed E-state index contributed by atoms with van der Waals surface area (Å²) in [5.74, 6) is 1.62. The SMILES string of the molecule is CN1CCOc2ccc(S(=O)(=O)N3CCN(c4ccccn4)CC3)cc21. The number of fused-ring (bicyclic) bond motifs is 1. The Kier molecular flexibility index (Phi) is 4.46. The molecule has 0 amide bonds. The highest BCUT2D eigenvalue weighted by atomic mass is 32.2. The zero-order chi connectivity index (χ0) is 18.1. The quantitative estimate of drug-likeness (QED) is 0.810. The van der Waals surface area contributed by atoms with Crippen molar-refractivity contribution in [1.29, 1.82) is 0 Å². The van der Waals surface area contributed by atoms with Crippen LogP contribution >= 0.6 is 0 Å². The molecule has 4 rings (SSSR count). The van der Waals surface area contributed by atoms with Gasteiger partial charge in [0, 0.05) is 39.4 Å². The number of benzene rings is 1. The van der Waals surface area contributed by atoms with Gasteiger partial charge < -0.3 is 14.5 Å². The maximum atomic E-state index is 13.1. The smallest absolute Gasteiger partial charge is 0.243 e. The minimum Gasteiger partial charge on any atom is -0.490 e. The van der Waals surface area contributed by atoms with Crippen LogP contribution in [0, 0.1) is 0 Å².